The number of nitrogens with two attached hydrogens (primary N) is 1. The highest BCUT2D eigenvalue weighted by molar-refractivity contribution is 9.10. The number of anilines is 1. The van der Waals surface area contributed by atoms with Crippen LogP contribution in [0.3, 0.4) is 0 Å². The molecule has 0 spiro atoms. The molecule has 0 atom stereocenters. The molecule has 0 amide bonds. The Kier molecular flexibility index (Phi) is 2.82. The van der Waals surface area contributed by atoms with Gasteiger partial charge in [-0.3, -0.25) is 0 Å². The van der Waals surface area contributed by atoms with Crippen LogP contribution in [0.25, 0.3) is 5.69 Å². The molecule has 4 nitrogen and oxygen atoms in total. The number of alkyl halides is 3. The smallest absolute Gasteiger partial charge is 0.366 e. The number of nitrogens with zero attached hydrogens (tertiary/aromatic N) is 3. The molecule has 2 rings (SSSR count). The number of benzene rings is 1. The minimum absolute atomic E-state index is 0.0526. The molecule has 0 unspecified atom stereocenters. The Balaban J connectivity index is 2.45. The second kappa shape index (κ2) is 4.02. The Labute approximate surface area is 102 Å². The molecular formula is C9H6BrF3N4. The van der Waals surface area contributed by atoms with Crippen LogP contribution in [-0.4, -0.2) is 14.8 Å². The highest BCUT2D eigenvalue weighted by atomic mass is 79.9. The molecule has 0 fully saturated rings. The Morgan fingerprint density at radius 2 is 2.00 bits per heavy atom. The lowest BCUT2D eigenvalue weighted by atomic mass is 10.2. The van der Waals surface area contributed by atoms with Crippen LogP contribution in [0.15, 0.2) is 29.0 Å². The zero-order valence-corrected chi connectivity index (χ0v) is 9.83. The third-order valence-electron chi connectivity index (χ3n) is 2.03. The van der Waals surface area contributed by atoms with Crippen LogP contribution in [0.4, 0.5) is 19.1 Å². The SMILES string of the molecule is Nc1ncn(-c2ccc(C(F)(F)F)cc2Br)n1. The molecule has 17 heavy (non-hydrogen) atoms. The molecule has 0 aliphatic carbocycles. The summed E-state index contributed by atoms with van der Waals surface area (Å²) in [6.07, 6.45) is -3.05. The van der Waals surface area contributed by atoms with Crippen LogP contribution in [0, 0.1) is 0 Å². The molecule has 1 heterocycles. The van der Waals surface area contributed by atoms with Gasteiger partial charge in [-0.2, -0.15) is 13.2 Å². The zero-order chi connectivity index (χ0) is 12.6. The van der Waals surface area contributed by atoms with Crippen LogP contribution >= 0.6 is 15.9 Å². The van der Waals surface area contributed by atoms with E-state index in [1.807, 2.05) is 0 Å². The second-order valence-corrected chi connectivity index (χ2v) is 4.07. The highest BCUT2D eigenvalue weighted by Gasteiger charge is 2.30. The summed E-state index contributed by atoms with van der Waals surface area (Å²) in [6.45, 7) is 0. The summed E-state index contributed by atoms with van der Waals surface area (Å²) in [4.78, 5) is 3.69. The van der Waals surface area contributed by atoms with E-state index in [4.69, 9.17) is 5.73 Å². The average molecular weight is 307 g/mol. The Morgan fingerprint density at radius 3 is 2.47 bits per heavy atom. The number of nitrogen functional groups attached to an aromatic ring is 1. The van der Waals surface area contributed by atoms with E-state index in [0.717, 1.165) is 12.1 Å². The van der Waals surface area contributed by atoms with E-state index in [0.29, 0.717) is 5.69 Å². The van der Waals surface area contributed by atoms with E-state index in [1.54, 1.807) is 0 Å². The van der Waals surface area contributed by atoms with E-state index in [9.17, 15) is 13.2 Å². The van der Waals surface area contributed by atoms with Crippen molar-refractivity contribution in [3.8, 4) is 5.69 Å². The first-order valence-corrected chi connectivity index (χ1v) is 5.21. The van der Waals surface area contributed by atoms with Gasteiger partial charge in [0.25, 0.3) is 0 Å². The van der Waals surface area contributed by atoms with Crippen molar-refractivity contribution in [2.75, 3.05) is 5.73 Å². The molecule has 2 N–H and O–H groups in total. The first-order valence-electron chi connectivity index (χ1n) is 4.42. The van der Waals surface area contributed by atoms with Gasteiger partial charge in [0, 0.05) is 4.47 Å². The molecule has 8 heteroatoms. The predicted octanol–water partition coefficient (Wildman–Crippen LogP) is 2.63. The molecule has 1 aromatic carbocycles. The Morgan fingerprint density at radius 1 is 1.29 bits per heavy atom. The lowest BCUT2D eigenvalue weighted by molar-refractivity contribution is -0.137. The summed E-state index contributed by atoms with van der Waals surface area (Å²) < 4.78 is 38.8. The van der Waals surface area contributed by atoms with Gasteiger partial charge in [0.1, 0.15) is 6.33 Å². The van der Waals surface area contributed by atoms with Gasteiger partial charge in [-0.15, -0.1) is 5.10 Å². The van der Waals surface area contributed by atoms with E-state index >= 15 is 0 Å². The fraction of sp³-hybridized carbons (Fsp3) is 0.111. The van der Waals surface area contributed by atoms with Crippen molar-refractivity contribution in [2.24, 2.45) is 0 Å². The maximum Gasteiger partial charge on any atom is 0.416 e. The molecule has 0 radical (unpaired) electrons. The highest BCUT2D eigenvalue weighted by Crippen LogP contribution is 2.33. The van der Waals surface area contributed by atoms with Gasteiger partial charge in [0.05, 0.1) is 11.3 Å². The minimum Gasteiger partial charge on any atom is -0.366 e. The number of hydrogen-bond donors (Lipinski definition) is 1. The number of rotatable bonds is 1. The normalized spacial score (nSPS) is 11.8. The van der Waals surface area contributed by atoms with Gasteiger partial charge >= 0.3 is 6.18 Å². The summed E-state index contributed by atoms with van der Waals surface area (Å²) >= 11 is 3.06. The number of aromatic nitrogens is 3. The van der Waals surface area contributed by atoms with Crippen molar-refractivity contribution >= 4 is 21.9 Å². The van der Waals surface area contributed by atoms with Crippen molar-refractivity contribution < 1.29 is 13.2 Å². The third kappa shape index (κ3) is 2.41. The number of hydrogen-bond acceptors (Lipinski definition) is 3. The lowest BCUT2D eigenvalue weighted by Crippen LogP contribution is -2.06. The Hall–Kier alpha value is -1.57. The largest absolute Gasteiger partial charge is 0.416 e. The molecule has 0 aliphatic heterocycles. The minimum atomic E-state index is -4.37. The van der Waals surface area contributed by atoms with E-state index in [2.05, 4.69) is 26.0 Å². The van der Waals surface area contributed by atoms with Crippen LogP contribution in [0.2, 0.25) is 0 Å². The number of halogens is 4. The van der Waals surface area contributed by atoms with Gasteiger partial charge in [0.15, 0.2) is 0 Å². The van der Waals surface area contributed by atoms with Crippen LogP contribution in [0.1, 0.15) is 5.56 Å². The molecule has 0 saturated carbocycles. The second-order valence-electron chi connectivity index (χ2n) is 3.21. The fourth-order valence-electron chi connectivity index (χ4n) is 1.26. The average Bonchev–Trinajstić information content (AvgIpc) is 2.63. The van der Waals surface area contributed by atoms with Gasteiger partial charge in [-0.25, -0.2) is 9.67 Å². The van der Waals surface area contributed by atoms with E-state index < -0.39 is 11.7 Å². The standard InChI is InChI=1S/C9H6BrF3N4/c10-6-3-5(9(11,12)13)1-2-7(6)17-4-15-8(14)16-17/h1-4H,(H2,14,16). The first kappa shape index (κ1) is 11.9. The van der Waals surface area contributed by atoms with Crippen molar-refractivity contribution in [3.63, 3.8) is 0 Å². The predicted molar refractivity (Wildman–Crippen MR) is 58.5 cm³/mol. The molecule has 1 aromatic heterocycles. The molecule has 90 valence electrons. The van der Waals surface area contributed by atoms with Crippen molar-refractivity contribution in [2.45, 2.75) is 6.18 Å². The summed E-state index contributed by atoms with van der Waals surface area (Å²) in [6, 6.07) is 3.24. The van der Waals surface area contributed by atoms with Crippen LogP contribution in [-0.2, 0) is 6.18 Å². The third-order valence-corrected chi connectivity index (χ3v) is 2.67. The van der Waals surface area contributed by atoms with Crippen molar-refractivity contribution in [3.05, 3.63) is 34.6 Å². The summed E-state index contributed by atoms with van der Waals surface area (Å²) in [5.74, 6) is 0.0526. The lowest BCUT2D eigenvalue weighted by Gasteiger charge is -2.09. The van der Waals surface area contributed by atoms with Crippen molar-refractivity contribution in [1.29, 1.82) is 0 Å². The van der Waals surface area contributed by atoms with Gasteiger partial charge in [0.2, 0.25) is 5.95 Å². The summed E-state index contributed by atoms with van der Waals surface area (Å²) in [7, 11) is 0. The summed E-state index contributed by atoms with van der Waals surface area (Å²) in [5.41, 5.74) is 5.02. The molecule has 0 bridgehead atoms. The topological polar surface area (TPSA) is 56.7 Å². The van der Waals surface area contributed by atoms with Crippen molar-refractivity contribution in [1.82, 2.24) is 14.8 Å². The summed E-state index contributed by atoms with van der Waals surface area (Å²) in [5, 5.41) is 3.81. The maximum atomic E-state index is 12.4. The Bertz CT molecular complexity index is 549. The van der Waals surface area contributed by atoms with Gasteiger partial charge in [-0.1, -0.05) is 0 Å². The maximum absolute atomic E-state index is 12.4. The van der Waals surface area contributed by atoms with Gasteiger partial charge < -0.3 is 5.73 Å². The van der Waals surface area contributed by atoms with Crippen LogP contribution < -0.4 is 5.73 Å². The zero-order valence-electron chi connectivity index (χ0n) is 8.24. The monoisotopic (exact) mass is 306 g/mol. The van der Waals surface area contributed by atoms with E-state index in [-0.39, 0.29) is 10.4 Å². The van der Waals surface area contributed by atoms with E-state index in [1.165, 1.54) is 17.1 Å². The molecule has 0 aliphatic rings. The molecule has 0 saturated heterocycles. The molecule has 2 aromatic rings. The van der Waals surface area contributed by atoms with Gasteiger partial charge in [-0.05, 0) is 34.1 Å². The first-order chi connectivity index (χ1) is 7.88. The van der Waals surface area contributed by atoms with Crippen LogP contribution in [0.5, 0.6) is 0 Å². The molecular weight excluding hydrogens is 301 g/mol. The quantitative estimate of drug-likeness (QED) is 0.881. The fourth-order valence-corrected chi connectivity index (χ4v) is 1.82.